The van der Waals surface area contributed by atoms with Crippen molar-refractivity contribution in [3.8, 4) is 0 Å². The normalized spacial score (nSPS) is 27.3. The molecular weight excluding hydrogens is 359 g/mol. The summed E-state index contributed by atoms with van der Waals surface area (Å²) in [4.78, 5) is 0. The van der Waals surface area contributed by atoms with Crippen LogP contribution in [0.15, 0.2) is 30.4 Å². The smallest absolute Gasteiger partial charge is 0.126 e. The van der Waals surface area contributed by atoms with Gasteiger partial charge in [0.2, 0.25) is 0 Å². The van der Waals surface area contributed by atoms with Gasteiger partial charge in [-0.3, -0.25) is 0 Å². The van der Waals surface area contributed by atoms with Crippen LogP contribution in [0.5, 0.6) is 0 Å². The van der Waals surface area contributed by atoms with Gasteiger partial charge < -0.3 is 4.74 Å². The summed E-state index contributed by atoms with van der Waals surface area (Å²) in [5.74, 6) is 1.76. The molecule has 3 rings (SSSR count). The van der Waals surface area contributed by atoms with Gasteiger partial charge in [-0.15, -0.1) is 0 Å². The SMILES string of the molecule is CCCCCc1ccc(C2CCC(OCC3C=CC(CCC)CC3)CC2)c(F)c1. The van der Waals surface area contributed by atoms with Crippen LogP contribution in [0.2, 0.25) is 0 Å². The second kappa shape index (κ2) is 11.9. The van der Waals surface area contributed by atoms with Crippen molar-refractivity contribution < 1.29 is 9.13 Å². The number of allylic oxidation sites excluding steroid dienone is 1. The highest BCUT2D eigenvalue weighted by Gasteiger charge is 2.26. The van der Waals surface area contributed by atoms with Crippen molar-refractivity contribution in [1.29, 1.82) is 0 Å². The largest absolute Gasteiger partial charge is 0.378 e. The topological polar surface area (TPSA) is 9.23 Å². The second-order valence-corrected chi connectivity index (χ2v) is 9.39. The molecule has 2 atom stereocenters. The number of benzene rings is 1. The van der Waals surface area contributed by atoms with Gasteiger partial charge in [-0.1, -0.05) is 57.4 Å². The minimum Gasteiger partial charge on any atom is -0.378 e. The molecule has 0 radical (unpaired) electrons. The van der Waals surface area contributed by atoms with E-state index in [-0.39, 0.29) is 5.82 Å². The number of halogens is 1. The molecule has 2 unspecified atom stereocenters. The molecular formula is C27H41FO. The Morgan fingerprint density at radius 1 is 0.897 bits per heavy atom. The van der Waals surface area contributed by atoms with Crippen LogP contribution in [-0.2, 0) is 11.2 Å². The zero-order valence-electron chi connectivity index (χ0n) is 18.7. The summed E-state index contributed by atoms with van der Waals surface area (Å²) >= 11 is 0. The fourth-order valence-electron chi connectivity index (χ4n) is 5.12. The van der Waals surface area contributed by atoms with Gasteiger partial charge in [0.05, 0.1) is 12.7 Å². The Hall–Kier alpha value is -1.15. The van der Waals surface area contributed by atoms with Crippen LogP contribution in [-0.4, -0.2) is 12.7 Å². The molecule has 0 N–H and O–H groups in total. The van der Waals surface area contributed by atoms with Crippen molar-refractivity contribution in [2.24, 2.45) is 11.8 Å². The van der Waals surface area contributed by atoms with Gasteiger partial charge in [-0.2, -0.15) is 0 Å². The van der Waals surface area contributed by atoms with Crippen molar-refractivity contribution in [1.82, 2.24) is 0 Å². The molecule has 1 aromatic carbocycles. The molecule has 1 fully saturated rings. The number of hydrogen-bond acceptors (Lipinski definition) is 1. The quantitative estimate of drug-likeness (QED) is 0.286. The molecule has 0 aromatic heterocycles. The predicted molar refractivity (Wildman–Crippen MR) is 121 cm³/mol. The van der Waals surface area contributed by atoms with E-state index in [1.54, 1.807) is 6.07 Å². The molecule has 0 saturated heterocycles. The maximum Gasteiger partial charge on any atom is 0.126 e. The predicted octanol–water partition coefficient (Wildman–Crippen LogP) is 7.98. The zero-order valence-corrected chi connectivity index (χ0v) is 18.7. The van der Waals surface area contributed by atoms with Crippen LogP contribution in [0.3, 0.4) is 0 Å². The maximum absolute atomic E-state index is 14.7. The lowest BCUT2D eigenvalue weighted by atomic mass is 9.82. The summed E-state index contributed by atoms with van der Waals surface area (Å²) in [6, 6.07) is 5.99. The fraction of sp³-hybridized carbons (Fsp3) is 0.704. The first-order valence-corrected chi connectivity index (χ1v) is 12.3. The number of aryl methyl sites for hydroxylation is 1. The molecule has 0 spiro atoms. The Kier molecular flexibility index (Phi) is 9.24. The third-order valence-corrected chi connectivity index (χ3v) is 7.02. The molecule has 0 bridgehead atoms. The lowest BCUT2D eigenvalue weighted by Gasteiger charge is -2.31. The Labute approximate surface area is 178 Å². The summed E-state index contributed by atoms with van der Waals surface area (Å²) in [6.45, 7) is 5.34. The first-order chi connectivity index (χ1) is 14.2. The van der Waals surface area contributed by atoms with E-state index in [4.69, 9.17) is 4.74 Å². The molecule has 29 heavy (non-hydrogen) atoms. The van der Waals surface area contributed by atoms with Gasteiger partial charge in [-0.05, 0) is 86.8 Å². The number of ether oxygens (including phenoxy) is 1. The van der Waals surface area contributed by atoms with Gasteiger partial charge in [0.1, 0.15) is 5.82 Å². The number of hydrogen-bond donors (Lipinski definition) is 0. The summed E-state index contributed by atoms with van der Waals surface area (Å²) in [5.41, 5.74) is 2.08. The molecule has 1 nitrogen and oxygen atoms in total. The molecule has 2 aliphatic rings. The summed E-state index contributed by atoms with van der Waals surface area (Å²) in [7, 11) is 0. The monoisotopic (exact) mass is 400 g/mol. The van der Waals surface area contributed by atoms with Crippen molar-refractivity contribution in [2.75, 3.05) is 6.61 Å². The van der Waals surface area contributed by atoms with Crippen LogP contribution in [0.25, 0.3) is 0 Å². The van der Waals surface area contributed by atoms with E-state index in [1.165, 1.54) is 38.5 Å². The van der Waals surface area contributed by atoms with E-state index in [0.29, 0.717) is 17.9 Å². The average Bonchev–Trinajstić information content (AvgIpc) is 2.74. The van der Waals surface area contributed by atoms with Gasteiger partial charge in [0.15, 0.2) is 0 Å². The maximum atomic E-state index is 14.7. The third kappa shape index (κ3) is 6.95. The molecule has 0 aliphatic heterocycles. The summed E-state index contributed by atoms with van der Waals surface area (Å²) < 4.78 is 20.9. The Morgan fingerprint density at radius 3 is 2.31 bits per heavy atom. The molecule has 0 amide bonds. The minimum atomic E-state index is 0.0114. The second-order valence-electron chi connectivity index (χ2n) is 9.39. The lowest BCUT2D eigenvalue weighted by Crippen LogP contribution is -2.24. The van der Waals surface area contributed by atoms with Crippen LogP contribution in [0.1, 0.15) is 102 Å². The van der Waals surface area contributed by atoms with Gasteiger partial charge in [0.25, 0.3) is 0 Å². The first-order valence-electron chi connectivity index (χ1n) is 12.3. The molecule has 1 aromatic rings. The third-order valence-electron chi connectivity index (χ3n) is 7.02. The van der Waals surface area contributed by atoms with Crippen molar-refractivity contribution in [3.63, 3.8) is 0 Å². The van der Waals surface area contributed by atoms with E-state index < -0.39 is 0 Å². The van der Waals surface area contributed by atoms with E-state index in [9.17, 15) is 4.39 Å². The summed E-state index contributed by atoms with van der Waals surface area (Å²) in [6.07, 6.45) is 19.2. The Bertz CT molecular complexity index is 629. The van der Waals surface area contributed by atoms with E-state index in [0.717, 1.165) is 62.2 Å². The van der Waals surface area contributed by atoms with E-state index >= 15 is 0 Å². The summed E-state index contributed by atoms with van der Waals surface area (Å²) in [5, 5.41) is 0. The highest BCUT2D eigenvalue weighted by Crippen LogP contribution is 2.36. The average molecular weight is 401 g/mol. The van der Waals surface area contributed by atoms with Crippen LogP contribution in [0.4, 0.5) is 4.39 Å². The molecule has 1 saturated carbocycles. The molecule has 0 heterocycles. The highest BCUT2D eigenvalue weighted by molar-refractivity contribution is 5.28. The Balaban J connectivity index is 1.41. The molecule has 2 heteroatoms. The van der Waals surface area contributed by atoms with Crippen molar-refractivity contribution in [3.05, 3.63) is 47.3 Å². The molecule has 162 valence electrons. The minimum absolute atomic E-state index is 0.0114. The van der Waals surface area contributed by atoms with Gasteiger partial charge >= 0.3 is 0 Å². The number of rotatable bonds is 10. The number of unbranched alkanes of at least 4 members (excludes halogenated alkanes) is 2. The van der Waals surface area contributed by atoms with Gasteiger partial charge in [-0.25, -0.2) is 4.39 Å². The van der Waals surface area contributed by atoms with Crippen LogP contribution in [0, 0.1) is 17.7 Å². The first kappa shape index (κ1) is 22.5. The fourth-order valence-corrected chi connectivity index (χ4v) is 5.12. The van der Waals surface area contributed by atoms with E-state index in [1.807, 2.05) is 0 Å². The zero-order chi connectivity index (χ0) is 20.5. The lowest BCUT2D eigenvalue weighted by molar-refractivity contribution is 0.00906. The standard InChI is InChI=1S/C27H41FO/c1-3-5-6-8-22-13-18-26(27(28)19-22)24-14-16-25(17-15-24)29-20-23-11-9-21(7-4-2)10-12-23/h9,11,13,18-19,21,23-25H,3-8,10,12,14-17,20H2,1-2H3. The van der Waals surface area contributed by atoms with E-state index in [2.05, 4.69) is 38.1 Å². The van der Waals surface area contributed by atoms with Crippen LogP contribution >= 0.6 is 0 Å². The van der Waals surface area contributed by atoms with Gasteiger partial charge in [0, 0.05) is 5.92 Å². The van der Waals surface area contributed by atoms with Crippen LogP contribution < -0.4 is 0 Å². The van der Waals surface area contributed by atoms with Crippen molar-refractivity contribution >= 4 is 0 Å². The highest BCUT2D eigenvalue weighted by atomic mass is 19.1. The molecule has 2 aliphatic carbocycles. The Morgan fingerprint density at radius 2 is 1.66 bits per heavy atom. The van der Waals surface area contributed by atoms with Crippen molar-refractivity contribution in [2.45, 2.75) is 103 Å².